The Morgan fingerprint density at radius 2 is 2.14 bits per heavy atom. The number of thiophene rings is 1. The highest BCUT2D eigenvalue weighted by atomic mass is 32.2. The van der Waals surface area contributed by atoms with Crippen molar-refractivity contribution in [2.24, 2.45) is 0 Å². The van der Waals surface area contributed by atoms with Gasteiger partial charge in [-0.15, -0.1) is 11.3 Å². The van der Waals surface area contributed by atoms with Gasteiger partial charge in [0.15, 0.2) is 0 Å². The van der Waals surface area contributed by atoms with Gasteiger partial charge in [-0.2, -0.15) is 0 Å². The lowest BCUT2D eigenvalue weighted by Crippen LogP contribution is -2.29. The van der Waals surface area contributed by atoms with Crippen LogP contribution in [0.3, 0.4) is 0 Å². The van der Waals surface area contributed by atoms with E-state index in [1.54, 1.807) is 17.4 Å². The third kappa shape index (κ3) is 3.42. The van der Waals surface area contributed by atoms with E-state index in [1.807, 2.05) is 12.1 Å². The van der Waals surface area contributed by atoms with Crippen molar-refractivity contribution in [2.75, 3.05) is 38.6 Å². The average molecular weight is 322 g/mol. The second-order valence-electron chi connectivity index (χ2n) is 5.47. The van der Waals surface area contributed by atoms with Gasteiger partial charge in [-0.05, 0) is 44.3 Å². The van der Waals surface area contributed by atoms with Crippen LogP contribution in [0, 0.1) is 5.82 Å². The molecule has 3 rings (SSSR count). The van der Waals surface area contributed by atoms with Gasteiger partial charge in [0.2, 0.25) is 0 Å². The van der Waals surface area contributed by atoms with Gasteiger partial charge < -0.3 is 9.80 Å². The van der Waals surface area contributed by atoms with E-state index in [4.69, 9.17) is 0 Å². The third-order valence-corrected chi connectivity index (χ3v) is 5.97. The van der Waals surface area contributed by atoms with Crippen LogP contribution in [0.15, 0.2) is 39.4 Å². The molecule has 0 radical (unpaired) electrons. The van der Waals surface area contributed by atoms with Gasteiger partial charge in [-0.1, -0.05) is 23.9 Å². The fourth-order valence-electron chi connectivity index (χ4n) is 2.42. The van der Waals surface area contributed by atoms with Crippen LogP contribution < -0.4 is 4.90 Å². The maximum absolute atomic E-state index is 13.7. The number of benzene rings is 1. The number of halogens is 1. The first-order valence-electron chi connectivity index (χ1n) is 7.08. The van der Waals surface area contributed by atoms with Crippen LogP contribution in [0.2, 0.25) is 0 Å². The van der Waals surface area contributed by atoms with Crippen LogP contribution in [0.4, 0.5) is 9.39 Å². The number of likely N-dealkylation sites (N-methyl/N-ethyl adjacent to an activating group) is 1. The summed E-state index contributed by atoms with van der Waals surface area (Å²) in [5, 5.41) is 1.37. The third-order valence-electron chi connectivity index (χ3n) is 3.57. The minimum absolute atomic E-state index is 0.138. The zero-order chi connectivity index (χ0) is 14.8. The molecule has 0 saturated carbocycles. The quantitative estimate of drug-likeness (QED) is 0.822. The summed E-state index contributed by atoms with van der Waals surface area (Å²) in [7, 11) is 4.20. The molecule has 1 aliphatic heterocycles. The molecule has 0 amide bonds. The van der Waals surface area contributed by atoms with Gasteiger partial charge in [-0.3, -0.25) is 0 Å². The normalized spacial score (nSPS) is 14.0. The molecule has 1 aromatic carbocycles. The molecule has 2 aromatic rings. The molecular weight excluding hydrogens is 303 g/mol. The Balaban J connectivity index is 1.73. The maximum Gasteiger partial charge on any atom is 0.137 e. The van der Waals surface area contributed by atoms with Crippen molar-refractivity contribution in [3.05, 3.63) is 41.7 Å². The predicted molar refractivity (Wildman–Crippen MR) is 89.3 cm³/mol. The Kier molecular flexibility index (Phi) is 4.52. The molecule has 21 heavy (non-hydrogen) atoms. The van der Waals surface area contributed by atoms with Gasteiger partial charge in [0.05, 0.1) is 9.21 Å². The first-order valence-corrected chi connectivity index (χ1v) is 8.71. The van der Waals surface area contributed by atoms with Gasteiger partial charge in [-0.25, -0.2) is 4.39 Å². The lowest BCUT2D eigenvalue weighted by molar-refractivity contribution is 0.415. The monoisotopic (exact) mass is 322 g/mol. The van der Waals surface area contributed by atoms with Crippen LogP contribution in [0.5, 0.6) is 0 Å². The van der Waals surface area contributed by atoms with Crippen LogP contribution in [0.1, 0.15) is 5.56 Å². The Morgan fingerprint density at radius 3 is 2.90 bits per heavy atom. The smallest absolute Gasteiger partial charge is 0.137 e. The Hall–Kier alpha value is -1.04. The summed E-state index contributed by atoms with van der Waals surface area (Å²) in [6, 6.07) is 9.21. The lowest BCUT2D eigenvalue weighted by Gasteiger charge is -2.20. The molecule has 2 heterocycles. The maximum atomic E-state index is 13.7. The standard InChI is InChI=1S/C16H19FN2S2/c1-18(2)9-10-19-8-7-12-11-15(21-16(12)19)20-14-6-4-3-5-13(14)17/h3-6,11H,7-10H2,1-2H3. The molecule has 0 bridgehead atoms. The molecule has 0 fully saturated rings. The van der Waals surface area contributed by atoms with E-state index in [0.717, 1.165) is 26.1 Å². The van der Waals surface area contributed by atoms with Gasteiger partial charge in [0, 0.05) is 24.5 Å². The highest BCUT2D eigenvalue weighted by Crippen LogP contribution is 2.43. The molecule has 0 N–H and O–H groups in total. The van der Waals surface area contributed by atoms with Crippen molar-refractivity contribution in [3.8, 4) is 0 Å². The molecule has 1 aromatic heterocycles. The van der Waals surface area contributed by atoms with Crippen molar-refractivity contribution in [1.29, 1.82) is 0 Å². The minimum Gasteiger partial charge on any atom is -0.362 e. The Morgan fingerprint density at radius 1 is 1.33 bits per heavy atom. The SMILES string of the molecule is CN(C)CCN1CCc2cc(Sc3ccccc3F)sc21. The highest BCUT2D eigenvalue weighted by molar-refractivity contribution is 8.01. The highest BCUT2D eigenvalue weighted by Gasteiger charge is 2.22. The van der Waals surface area contributed by atoms with Crippen molar-refractivity contribution in [1.82, 2.24) is 4.90 Å². The number of nitrogens with zero attached hydrogens (tertiary/aromatic N) is 2. The number of anilines is 1. The van der Waals surface area contributed by atoms with E-state index in [-0.39, 0.29) is 5.82 Å². The zero-order valence-corrected chi connectivity index (χ0v) is 13.9. The molecule has 0 unspecified atom stereocenters. The molecule has 0 saturated heterocycles. The molecule has 2 nitrogen and oxygen atoms in total. The van der Waals surface area contributed by atoms with Crippen molar-refractivity contribution in [2.45, 2.75) is 15.5 Å². The molecular formula is C16H19FN2S2. The molecule has 0 spiro atoms. The lowest BCUT2D eigenvalue weighted by atomic mass is 10.3. The molecule has 0 atom stereocenters. The summed E-state index contributed by atoms with van der Waals surface area (Å²) in [6.45, 7) is 3.23. The van der Waals surface area contributed by atoms with Crippen LogP contribution in [-0.2, 0) is 6.42 Å². The summed E-state index contributed by atoms with van der Waals surface area (Å²) < 4.78 is 14.9. The van der Waals surface area contributed by atoms with E-state index in [9.17, 15) is 4.39 Å². The average Bonchev–Trinajstić information content (AvgIpc) is 2.99. The van der Waals surface area contributed by atoms with E-state index in [1.165, 1.54) is 32.6 Å². The summed E-state index contributed by atoms with van der Waals surface area (Å²) in [5.74, 6) is -0.138. The first-order chi connectivity index (χ1) is 10.1. The van der Waals surface area contributed by atoms with Gasteiger partial charge >= 0.3 is 0 Å². The molecule has 1 aliphatic rings. The molecule has 0 aliphatic carbocycles. The second kappa shape index (κ2) is 6.38. The number of hydrogen-bond acceptors (Lipinski definition) is 4. The van der Waals surface area contributed by atoms with E-state index in [2.05, 4.69) is 30.0 Å². The summed E-state index contributed by atoms with van der Waals surface area (Å²) in [6.07, 6.45) is 1.11. The van der Waals surface area contributed by atoms with Crippen LogP contribution >= 0.6 is 23.1 Å². The number of fused-ring (bicyclic) bond motifs is 1. The summed E-state index contributed by atoms with van der Waals surface area (Å²) >= 11 is 3.32. The minimum atomic E-state index is -0.138. The number of rotatable bonds is 5. The summed E-state index contributed by atoms with van der Waals surface area (Å²) in [4.78, 5) is 5.36. The van der Waals surface area contributed by atoms with Crippen LogP contribution in [0.25, 0.3) is 0 Å². The van der Waals surface area contributed by atoms with E-state index < -0.39 is 0 Å². The van der Waals surface area contributed by atoms with E-state index in [0.29, 0.717) is 4.90 Å². The topological polar surface area (TPSA) is 6.48 Å². The molecule has 5 heteroatoms. The second-order valence-corrected chi connectivity index (χ2v) is 7.84. The summed E-state index contributed by atoms with van der Waals surface area (Å²) in [5.41, 5.74) is 1.41. The predicted octanol–water partition coefficient (Wildman–Crippen LogP) is 3.96. The van der Waals surface area contributed by atoms with Gasteiger partial charge in [0.25, 0.3) is 0 Å². The fraction of sp³-hybridized carbons (Fsp3) is 0.375. The van der Waals surface area contributed by atoms with Crippen molar-refractivity contribution in [3.63, 3.8) is 0 Å². The first kappa shape index (κ1) is 14.9. The van der Waals surface area contributed by atoms with Crippen molar-refractivity contribution < 1.29 is 4.39 Å². The van der Waals surface area contributed by atoms with Gasteiger partial charge in [0.1, 0.15) is 5.82 Å². The molecule has 112 valence electrons. The van der Waals surface area contributed by atoms with Crippen LogP contribution in [-0.4, -0.2) is 38.6 Å². The Labute approximate surface area is 133 Å². The largest absolute Gasteiger partial charge is 0.362 e. The van der Waals surface area contributed by atoms with Crippen molar-refractivity contribution >= 4 is 28.1 Å². The Bertz CT molecular complexity index is 624. The zero-order valence-electron chi connectivity index (χ0n) is 12.3. The van der Waals surface area contributed by atoms with E-state index >= 15 is 0 Å². The fourth-order valence-corrected chi connectivity index (χ4v) is 4.82. The number of hydrogen-bond donors (Lipinski definition) is 0.